The lowest BCUT2D eigenvalue weighted by Gasteiger charge is -2.11. The Morgan fingerprint density at radius 3 is 2.62 bits per heavy atom. The Bertz CT molecular complexity index is 391. The number of anilines is 1. The van der Waals surface area contributed by atoms with E-state index < -0.39 is 0 Å². The third-order valence-electron chi connectivity index (χ3n) is 2.34. The Hall–Kier alpha value is -1.16. The number of aryl methyl sites for hydroxylation is 1. The number of hydrogen-bond acceptors (Lipinski definition) is 4. The number of benzene rings is 1. The number of ether oxygens (including phenoxy) is 1. The molecule has 0 aliphatic rings. The molecule has 4 heteroatoms. The third kappa shape index (κ3) is 2.70. The van der Waals surface area contributed by atoms with Crippen LogP contribution in [0.15, 0.2) is 17.0 Å². The fourth-order valence-corrected chi connectivity index (χ4v) is 2.09. The van der Waals surface area contributed by atoms with E-state index in [1.807, 2.05) is 25.3 Å². The van der Waals surface area contributed by atoms with E-state index in [9.17, 15) is 4.79 Å². The van der Waals surface area contributed by atoms with Crippen molar-refractivity contribution < 1.29 is 9.53 Å². The van der Waals surface area contributed by atoms with Crippen molar-refractivity contribution in [2.75, 3.05) is 18.6 Å². The van der Waals surface area contributed by atoms with Crippen LogP contribution in [0.2, 0.25) is 0 Å². The summed E-state index contributed by atoms with van der Waals surface area (Å²) >= 11 is 1.50. The molecule has 0 fully saturated rings. The molecular weight excluding hydrogens is 222 g/mol. The van der Waals surface area contributed by atoms with Gasteiger partial charge in [0.25, 0.3) is 0 Å². The molecule has 0 bridgehead atoms. The molecule has 0 heterocycles. The van der Waals surface area contributed by atoms with Crippen molar-refractivity contribution in [3.05, 3.63) is 23.3 Å². The van der Waals surface area contributed by atoms with Gasteiger partial charge in [0, 0.05) is 10.6 Å². The van der Waals surface area contributed by atoms with Gasteiger partial charge in [-0.2, -0.15) is 0 Å². The molecule has 1 aromatic rings. The minimum absolute atomic E-state index is 0.276. The summed E-state index contributed by atoms with van der Waals surface area (Å²) in [6.45, 7) is 4.20. The van der Waals surface area contributed by atoms with Gasteiger partial charge in [-0.25, -0.2) is 4.79 Å². The predicted molar refractivity (Wildman–Crippen MR) is 68.0 cm³/mol. The molecule has 0 radical (unpaired) electrons. The lowest BCUT2D eigenvalue weighted by molar-refractivity contribution is 0.0522. The monoisotopic (exact) mass is 239 g/mol. The molecule has 88 valence electrons. The predicted octanol–water partition coefficient (Wildman–Crippen LogP) is 2.73. The summed E-state index contributed by atoms with van der Waals surface area (Å²) in [4.78, 5) is 12.6. The standard InChI is InChI=1S/C12H17NO2S/c1-4-8-6-9(12(14)15-5-2)11(16-3)7-10(8)13/h6-7H,4-5,13H2,1-3H3. The molecule has 2 N–H and O–H groups in total. The van der Waals surface area contributed by atoms with Crippen molar-refractivity contribution in [3.8, 4) is 0 Å². The zero-order valence-electron chi connectivity index (χ0n) is 9.87. The second-order valence-electron chi connectivity index (χ2n) is 3.33. The maximum Gasteiger partial charge on any atom is 0.339 e. The fraction of sp³-hybridized carbons (Fsp3) is 0.417. The Morgan fingerprint density at radius 1 is 1.44 bits per heavy atom. The lowest BCUT2D eigenvalue weighted by Crippen LogP contribution is -2.08. The van der Waals surface area contributed by atoms with Crippen LogP contribution in [0.25, 0.3) is 0 Å². The maximum absolute atomic E-state index is 11.7. The van der Waals surface area contributed by atoms with E-state index in [-0.39, 0.29) is 5.97 Å². The highest BCUT2D eigenvalue weighted by atomic mass is 32.2. The summed E-state index contributed by atoms with van der Waals surface area (Å²) in [7, 11) is 0. The fourth-order valence-electron chi connectivity index (χ4n) is 1.48. The first-order valence-electron chi connectivity index (χ1n) is 5.27. The molecule has 0 unspecified atom stereocenters. The van der Waals surface area contributed by atoms with Gasteiger partial charge in [0.05, 0.1) is 12.2 Å². The zero-order valence-corrected chi connectivity index (χ0v) is 10.7. The minimum Gasteiger partial charge on any atom is -0.462 e. The van der Waals surface area contributed by atoms with Crippen molar-refractivity contribution in [2.24, 2.45) is 0 Å². The maximum atomic E-state index is 11.7. The highest BCUT2D eigenvalue weighted by molar-refractivity contribution is 7.98. The van der Waals surface area contributed by atoms with Crippen molar-refractivity contribution in [1.82, 2.24) is 0 Å². The van der Waals surface area contributed by atoms with Gasteiger partial charge in [-0.05, 0) is 37.3 Å². The summed E-state index contributed by atoms with van der Waals surface area (Å²) in [6, 6.07) is 3.68. The van der Waals surface area contributed by atoms with Crippen LogP contribution in [-0.4, -0.2) is 18.8 Å². The number of carbonyl (C=O) groups is 1. The highest BCUT2D eigenvalue weighted by Gasteiger charge is 2.14. The smallest absolute Gasteiger partial charge is 0.339 e. The summed E-state index contributed by atoms with van der Waals surface area (Å²) in [5.41, 5.74) is 8.22. The summed E-state index contributed by atoms with van der Waals surface area (Å²) < 4.78 is 5.02. The van der Waals surface area contributed by atoms with Gasteiger partial charge in [-0.3, -0.25) is 0 Å². The van der Waals surface area contributed by atoms with Crippen molar-refractivity contribution >= 4 is 23.4 Å². The van der Waals surface area contributed by atoms with Crippen LogP contribution >= 0.6 is 11.8 Å². The first-order valence-corrected chi connectivity index (χ1v) is 6.50. The molecule has 0 amide bonds. The lowest BCUT2D eigenvalue weighted by atomic mass is 10.1. The summed E-state index contributed by atoms with van der Waals surface area (Å²) in [5, 5.41) is 0. The second-order valence-corrected chi connectivity index (χ2v) is 4.17. The Balaban J connectivity index is 3.19. The van der Waals surface area contributed by atoms with Crippen LogP contribution in [-0.2, 0) is 11.2 Å². The molecule has 0 atom stereocenters. The number of nitrogens with two attached hydrogens (primary N) is 1. The van der Waals surface area contributed by atoms with E-state index in [1.165, 1.54) is 11.8 Å². The SMILES string of the molecule is CCOC(=O)c1cc(CC)c(N)cc1SC. The van der Waals surface area contributed by atoms with Gasteiger partial charge in [0.2, 0.25) is 0 Å². The van der Waals surface area contributed by atoms with Crippen molar-refractivity contribution in [1.29, 1.82) is 0 Å². The number of nitrogen functional groups attached to an aromatic ring is 1. The van der Waals surface area contributed by atoms with E-state index in [0.717, 1.165) is 22.6 Å². The number of hydrogen-bond donors (Lipinski definition) is 1. The van der Waals surface area contributed by atoms with Crippen LogP contribution in [0.4, 0.5) is 5.69 Å². The average Bonchev–Trinajstić information content (AvgIpc) is 2.28. The summed E-state index contributed by atoms with van der Waals surface area (Å²) in [5.74, 6) is -0.276. The minimum atomic E-state index is -0.276. The van der Waals surface area contributed by atoms with Gasteiger partial charge in [-0.1, -0.05) is 6.92 Å². The average molecular weight is 239 g/mol. The molecule has 3 nitrogen and oxygen atoms in total. The van der Waals surface area contributed by atoms with E-state index in [1.54, 1.807) is 6.92 Å². The van der Waals surface area contributed by atoms with Gasteiger partial charge >= 0.3 is 5.97 Å². The normalized spacial score (nSPS) is 10.2. The third-order valence-corrected chi connectivity index (χ3v) is 3.12. The number of rotatable bonds is 4. The van der Waals surface area contributed by atoms with Gasteiger partial charge in [0.1, 0.15) is 0 Å². The largest absolute Gasteiger partial charge is 0.462 e. The van der Waals surface area contributed by atoms with Gasteiger partial charge < -0.3 is 10.5 Å². The van der Waals surface area contributed by atoms with E-state index in [2.05, 4.69) is 0 Å². The molecular formula is C12H17NO2S. The molecule has 0 saturated heterocycles. The first-order chi connectivity index (χ1) is 7.63. The highest BCUT2D eigenvalue weighted by Crippen LogP contribution is 2.27. The molecule has 1 aromatic carbocycles. The van der Waals surface area contributed by atoms with Crippen LogP contribution in [0.3, 0.4) is 0 Å². The Kier molecular flexibility index (Phi) is 4.68. The summed E-state index contributed by atoms with van der Waals surface area (Å²) in [6.07, 6.45) is 2.73. The second kappa shape index (κ2) is 5.80. The zero-order chi connectivity index (χ0) is 12.1. The van der Waals surface area contributed by atoms with Crippen molar-refractivity contribution in [2.45, 2.75) is 25.2 Å². The van der Waals surface area contributed by atoms with Crippen LogP contribution in [0.1, 0.15) is 29.8 Å². The van der Waals surface area contributed by atoms with Crippen LogP contribution in [0, 0.1) is 0 Å². The molecule has 0 aliphatic heterocycles. The molecule has 16 heavy (non-hydrogen) atoms. The van der Waals surface area contributed by atoms with Crippen LogP contribution in [0.5, 0.6) is 0 Å². The molecule has 0 aliphatic carbocycles. The topological polar surface area (TPSA) is 52.3 Å². The van der Waals surface area contributed by atoms with E-state index in [4.69, 9.17) is 10.5 Å². The van der Waals surface area contributed by atoms with E-state index in [0.29, 0.717) is 12.2 Å². The molecule has 0 spiro atoms. The van der Waals surface area contributed by atoms with Gasteiger partial charge in [0.15, 0.2) is 0 Å². The Labute approximate surface area is 100 Å². The van der Waals surface area contributed by atoms with Crippen molar-refractivity contribution in [3.63, 3.8) is 0 Å². The number of thioether (sulfide) groups is 1. The van der Waals surface area contributed by atoms with Crippen LogP contribution < -0.4 is 5.73 Å². The molecule has 0 saturated carbocycles. The molecule has 1 rings (SSSR count). The number of esters is 1. The first kappa shape index (κ1) is 12.9. The van der Waals surface area contributed by atoms with Gasteiger partial charge in [-0.15, -0.1) is 11.8 Å². The molecule has 0 aromatic heterocycles. The van der Waals surface area contributed by atoms with E-state index >= 15 is 0 Å². The quantitative estimate of drug-likeness (QED) is 0.498. The Morgan fingerprint density at radius 2 is 2.12 bits per heavy atom. The number of carbonyl (C=O) groups excluding carboxylic acids is 1.